The second-order valence-electron chi connectivity index (χ2n) is 10.4. The van der Waals surface area contributed by atoms with E-state index in [1.807, 2.05) is 13.8 Å². The lowest BCUT2D eigenvalue weighted by Gasteiger charge is -2.39. The lowest BCUT2D eigenvalue weighted by molar-refractivity contribution is -0.120. The Morgan fingerprint density at radius 2 is 1.80 bits per heavy atom. The molecule has 2 aromatic carbocycles. The number of amides is 1. The van der Waals surface area contributed by atoms with Crippen LogP contribution in [0.1, 0.15) is 44.7 Å². The summed E-state index contributed by atoms with van der Waals surface area (Å²) < 4.78 is 52.1. The number of benzene rings is 2. The summed E-state index contributed by atoms with van der Waals surface area (Å²) in [6, 6.07) is 10.9. The summed E-state index contributed by atoms with van der Waals surface area (Å²) in [5.41, 5.74) is 0.000443. The minimum Gasteiger partial charge on any atom is -0.506 e. The molecular formula is C26H32N4O8S2. The standard InChI is InChI=1S/C26H32N4O8S2/c1-15(2)12-13-26(3)18-9-7-6-8-17(18)22(31)21(23(26)32)24-27-19-11-10-16(14-20(19)39(35,36)28-24)29(4)40(37,38)30(5)25(33)34/h6-11,14-15,31,35-36H,12-13H2,1-5H3,(H,27,28)(H,33,34). The van der Waals surface area contributed by atoms with E-state index in [1.165, 1.54) is 12.1 Å². The molecule has 1 atom stereocenters. The van der Waals surface area contributed by atoms with Crippen molar-refractivity contribution in [1.29, 1.82) is 0 Å². The number of Topliss-reactive ketones (excluding diaryl/α,β-unsaturated/α-hetero) is 1. The molecule has 1 amide bonds. The van der Waals surface area contributed by atoms with Gasteiger partial charge in [-0.05, 0) is 49.4 Å². The lowest BCUT2D eigenvalue weighted by atomic mass is 9.66. The van der Waals surface area contributed by atoms with Crippen molar-refractivity contribution in [3.05, 3.63) is 59.2 Å². The number of carbonyl (C=O) groups excluding carboxylic acids is 1. The van der Waals surface area contributed by atoms with Crippen molar-refractivity contribution in [2.75, 3.05) is 23.7 Å². The first-order valence-electron chi connectivity index (χ1n) is 12.4. The van der Waals surface area contributed by atoms with E-state index in [-0.39, 0.29) is 37.7 Å². The zero-order valence-electron chi connectivity index (χ0n) is 22.6. The van der Waals surface area contributed by atoms with Gasteiger partial charge in [-0.25, -0.2) is 4.79 Å². The number of carboxylic acid groups (broad SMARTS) is 1. The smallest absolute Gasteiger partial charge is 0.422 e. The molecule has 1 aliphatic heterocycles. The third-order valence-electron chi connectivity index (χ3n) is 7.26. The number of nitrogens with zero attached hydrogens (tertiary/aromatic N) is 3. The van der Waals surface area contributed by atoms with Gasteiger partial charge in [-0.2, -0.15) is 12.7 Å². The zero-order valence-corrected chi connectivity index (χ0v) is 24.2. The fourth-order valence-electron chi connectivity index (χ4n) is 4.74. The number of amidine groups is 1. The minimum absolute atomic E-state index is 0.0572. The molecule has 14 heteroatoms. The summed E-state index contributed by atoms with van der Waals surface area (Å²) >= 11 is 0. The SMILES string of the molecule is CC(C)CCC1(C)C(=O)C(C2=NS(O)(O)c3cc(N(C)S(=O)(=O)N(C)C(=O)O)ccc3N2)=C(O)c2ccccc21. The number of fused-ring (bicyclic) bond motifs is 2. The van der Waals surface area contributed by atoms with Crippen LogP contribution in [0.15, 0.2) is 57.3 Å². The van der Waals surface area contributed by atoms with E-state index < -0.39 is 38.3 Å². The van der Waals surface area contributed by atoms with Crippen LogP contribution in [-0.4, -0.2) is 63.8 Å². The Bertz CT molecular complexity index is 1570. The van der Waals surface area contributed by atoms with Crippen molar-refractivity contribution in [3.63, 3.8) is 0 Å². The Labute approximate surface area is 234 Å². The highest BCUT2D eigenvalue weighted by molar-refractivity contribution is 8.23. The number of hydrogen-bond donors (Lipinski definition) is 5. The average molecular weight is 593 g/mol. The molecule has 4 rings (SSSR count). The normalized spacial score (nSPS) is 20.7. The van der Waals surface area contributed by atoms with Crippen molar-refractivity contribution in [3.8, 4) is 0 Å². The molecule has 0 radical (unpaired) electrons. The van der Waals surface area contributed by atoms with Gasteiger partial charge in [-0.1, -0.05) is 48.9 Å². The third-order valence-corrected chi connectivity index (χ3v) is 10.4. The molecule has 2 aliphatic rings. The van der Waals surface area contributed by atoms with E-state index in [0.717, 1.165) is 26.6 Å². The van der Waals surface area contributed by atoms with Crippen LogP contribution < -0.4 is 9.62 Å². The molecule has 0 aromatic heterocycles. The molecule has 40 heavy (non-hydrogen) atoms. The van der Waals surface area contributed by atoms with Gasteiger partial charge in [-0.15, -0.1) is 4.40 Å². The van der Waals surface area contributed by atoms with Gasteiger partial charge in [0.05, 0.1) is 16.8 Å². The molecule has 0 fully saturated rings. The van der Waals surface area contributed by atoms with Crippen molar-refractivity contribution in [1.82, 2.24) is 4.31 Å². The summed E-state index contributed by atoms with van der Waals surface area (Å²) in [4.78, 5) is 25.1. The van der Waals surface area contributed by atoms with Gasteiger partial charge in [0.2, 0.25) is 0 Å². The van der Waals surface area contributed by atoms with Crippen molar-refractivity contribution < 1.29 is 37.3 Å². The van der Waals surface area contributed by atoms with Gasteiger partial charge >= 0.3 is 16.3 Å². The van der Waals surface area contributed by atoms with E-state index in [4.69, 9.17) is 5.11 Å². The topological polar surface area (TPSA) is 180 Å². The van der Waals surface area contributed by atoms with E-state index in [9.17, 15) is 32.2 Å². The average Bonchev–Trinajstić information content (AvgIpc) is 2.89. The van der Waals surface area contributed by atoms with Crippen LogP contribution in [0.4, 0.5) is 16.2 Å². The zero-order chi connectivity index (χ0) is 29.8. The van der Waals surface area contributed by atoms with Crippen molar-refractivity contribution in [2.24, 2.45) is 10.3 Å². The third kappa shape index (κ3) is 4.80. The van der Waals surface area contributed by atoms with E-state index in [1.54, 1.807) is 31.2 Å². The quantitative estimate of drug-likeness (QED) is 0.293. The maximum absolute atomic E-state index is 14.0. The Hall–Kier alpha value is -3.59. The predicted octanol–water partition coefficient (Wildman–Crippen LogP) is 5.07. The fraction of sp³-hybridized carbons (Fsp3) is 0.346. The van der Waals surface area contributed by atoms with Gasteiger partial charge < -0.3 is 15.5 Å². The molecule has 0 saturated heterocycles. The van der Waals surface area contributed by atoms with Crippen LogP contribution in [-0.2, 0) is 20.4 Å². The van der Waals surface area contributed by atoms with Crippen LogP contribution in [0.2, 0.25) is 0 Å². The first-order valence-corrected chi connectivity index (χ1v) is 15.3. The van der Waals surface area contributed by atoms with Crippen LogP contribution in [0.25, 0.3) is 5.76 Å². The summed E-state index contributed by atoms with van der Waals surface area (Å²) in [7, 11) is -6.48. The molecule has 1 aliphatic carbocycles. The predicted molar refractivity (Wildman–Crippen MR) is 154 cm³/mol. The first kappa shape index (κ1) is 29.4. The molecule has 2 aromatic rings. The molecule has 5 N–H and O–H groups in total. The monoisotopic (exact) mass is 592 g/mol. The number of nitrogens with one attached hydrogen (secondary N) is 1. The summed E-state index contributed by atoms with van der Waals surface area (Å²) in [6.07, 6.45) is -0.470. The Kier molecular flexibility index (Phi) is 7.43. The van der Waals surface area contributed by atoms with E-state index in [2.05, 4.69) is 9.71 Å². The van der Waals surface area contributed by atoms with Gasteiger partial charge in [0, 0.05) is 19.7 Å². The summed E-state index contributed by atoms with van der Waals surface area (Å²) in [5, 5.41) is 23.2. The number of anilines is 2. The van der Waals surface area contributed by atoms with Gasteiger partial charge in [0.1, 0.15) is 16.2 Å². The number of rotatable bonds is 7. The highest BCUT2D eigenvalue weighted by Gasteiger charge is 2.46. The second-order valence-corrected chi connectivity index (χ2v) is 14.0. The van der Waals surface area contributed by atoms with Crippen LogP contribution in [0, 0.1) is 5.92 Å². The maximum Gasteiger partial charge on any atom is 0.422 e. The largest absolute Gasteiger partial charge is 0.506 e. The minimum atomic E-state index is -4.48. The van der Waals surface area contributed by atoms with Crippen molar-refractivity contribution >= 4 is 55.8 Å². The molecular weight excluding hydrogens is 560 g/mol. The van der Waals surface area contributed by atoms with Gasteiger partial charge in [0.25, 0.3) is 0 Å². The highest BCUT2D eigenvalue weighted by atomic mass is 32.3. The fourth-order valence-corrected chi connectivity index (χ4v) is 6.87. The highest BCUT2D eigenvalue weighted by Crippen LogP contribution is 2.57. The number of aliphatic hydroxyl groups excluding tert-OH is 1. The first-order chi connectivity index (χ1) is 18.5. The number of hydrogen-bond acceptors (Lipinski definition) is 9. The lowest BCUT2D eigenvalue weighted by Crippen LogP contribution is -2.42. The molecule has 1 heterocycles. The van der Waals surface area contributed by atoms with Crippen LogP contribution in [0.5, 0.6) is 0 Å². The molecule has 216 valence electrons. The van der Waals surface area contributed by atoms with Gasteiger partial charge in [-0.3, -0.25) is 18.2 Å². The van der Waals surface area contributed by atoms with Crippen molar-refractivity contribution in [2.45, 2.75) is 43.9 Å². The van der Waals surface area contributed by atoms with Gasteiger partial charge in [0.15, 0.2) is 11.6 Å². The Morgan fingerprint density at radius 1 is 1.15 bits per heavy atom. The molecule has 12 nitrogen and oxygen atoms in total. The number of ketones is 1. The Morgan fingerprint density at radius 3 is 2.42 bits per heavy atom. The van der Waals surface area contributed by atoms with E-state index >= 15 is 0 Å². The van der Waals surface area contributed by atoms with Crippen LogP contribution in [0.3, 0.4) is 0 Å². The van der Waals surface area contributed by atoms with Crippen LogP contribution >= 0.6 is 10.8 Å². The second kappa shape index (κ2) is 10.1. The maximum atomic E-state index is 14.0. The van der Waals surface area contributed by atoms with E-state index in [0.29, 0.717) is 27.8 Å². The summed E-state index contributed by atoms with van der Waals surface area (Å²) in [5.74, 6) is -0.671. The number of aliphatic hydroxyl groups is 1. The molecule has 0 spiro atoms. The number of carbonyl (C=O) groups is 2. The Balaban J connectivity index is 1.79. The molecule has 1 unspecified atom stereocenters. The summed E-state index contributed by atoms with van der Waals surface area (Å²) in [6.45, 7) is 5.90. The molecule has 0 saturated carbocycles. The molecule has 0 bridgehead atoms.